The third-order valence-electron chi connectivity index (χ3n) is 2.43. The molecule has 0 aliphatic carbocycles. The van der Waals surface area contributed by atoms with E-state index < -0.39 is 25.0 Å². The monoisotopic (exact) mass is 251 g/mol. The first kappa shape index (κ1) is 13.6. The number of nitrogens with one attached hydrogen (secondary N) is 1. The lowest BCUT2D eigenvalue weighted by Crippen LogP contribution is -2.53. The van der Waals surface area contributed by atoms with Gasteiger partial charge in [0.2, 0.25) is 0 Å². The van der Waals surface area contributed by atoms with E-state index >= 15 is 0 Å². The standard InChI is InChI=1S/C9H15F2N3O3/c10-7(11)5-12-9(17)14-3-1-13(2-4-14)6-8(15)16/h7H,1-6H2,(H,12,17)(H,15,16). The first-order chi connectivity index (χ1) is 7.99. The summed E-state index contributed by atoms with van der Waals surface area (Å²) in [6.45, 7) is 0.855. The van der Waals surface area contributed by atoms with Crippen molar-refractivity contribution in [2.75, 3.05) is 39.3 Å². The largest absolute Gasteiger partial charge is 0.480 e. The molecule has 6 nitrogen and oxygen atoms in total. The first-order valence-corrected chi connectivity index (χ1v) is 5.24. The second kappa shape index (κ2) is 6.33. The minimum Gasteiger partial charge on any atom is -0.480 e. The Morgan fingerprint density at radius 2 is 1.82 bits per heavy atom. The van der Waals surface area contributed by atoms with Crippen molar-refractivity contribution in [2.45, 2.75) is 6.43 Å². The lowest BCUT2D eigenvalue weighted by atomic mass is 10.3. The first-order valence-electron chi connectivity index (χ1n) is 5.24. The summed E-state index contributed by atoms with van der Waals surface area (Å²) < 4.78 is 23.7. The van der Waals surface area contributed by atoms with Crippen LogP contribution in [-0.2, 0) is 4.79 Å². The normalized spacial score (nSPS) is 17.2. The molecule has 0 spiro atoms. The maximum Gasteiger partial charge on any atom is 0.317 e. The Morgan fingerprint density at radius 1 is 1.24 bits per heavy atom. The van der Waals surface area contributed by atoms with Crippen molar-refractivity contribution >= 4 is 12.0 Å². The molecule has 0 unspecified atom stereocenters. The Balaban J connectivity index is 2.26. The molecule has 1 fully saturated rings. The summed E-state index contributed by atoms with van der Waals surface area (Å²) >= 11 is 0. The second-order valence-corrected chi connectivity index (χ2v) is 3.73. The van der Waals surface area contributed by atoms with Gasteiger partial charge in [-0.15, -0.1) is 0 Å². The molecule has 1 aliphatic rings. The molecular formula is C9H15F2N3O3. The average molecular weight is 251 g/mol. The van der Waals surface area contributed by atoms with Gasteiger partial charge in [0.15, 0.2) is 0 Å². The number of urea groups is 1. The number of piperazine rings is 1. The van der Waals surface area contributed by atoms with E-state index in [1.165, 1.54) is 4.90 Å². The topological polar surface area (TPSA) is 72.9 Å². The van der Waals surface area contributed by atoms with E-state index in [1.807, 2.05) is 0 Å². The van der Waals surface area contributed by atoms with Gasteiger partial charge < -0.3 is 15.3 Å². The summed E-state index contributed by atoms with van der Waals surface area (Å²) in [6, 6.07) is -0.528. The van der Waals surface area contributed by atoms with Crippen molar-refractivity contribution in [3.05, 3.63) is 0 Å². The smallest absolute Gasteiger partial charge is 0.317 e. The van der Waals surface area contributed by atoms with Gasteiger partial charge in [0, 0.05) is 26.2 Å². The summed E-state index contributed by atoms with van der Waals surface area (Å²) in [5.41, 5.74) is 0. The van der Waals surface area contributed by atoms with Gasteiger partial charge in [0.1, 0.15) is 0 Å². The fourth-order valence-electron chi connectivity index (χ4n) is 1.58. The van der Waals surface area contributed by atoms with Gasteiger partial charge in [-0.25, -0.2) is 13.6 Å². The Labute approximate surface area is 97.2 Å². The van der Waals surface area contributed by atoms with E-state index in [4.69, 9.17) is 5.11 Å². The minimum atomic E-state index is -2.56. The number of hydrogen-bond donors (Lipinski definition) is 2. The lowest BCUT2D eigenvalue weighted by molar-refractivity contribution is -0.138. The summed E-state index contributed by atoms with van der Waals surface area (Å²) in [5, 5.41) is 10.7. The Hall–Kier alpha value is -1.44. The number of hydrogen-bond acceptors (Lipinski definition) is 3. The number of nitrogens with zero attached hydrogens (tertiary/aromatic N) is 2. The zero-order chi connectivity index (χ0) is 12.8. The molecule has 0 aromatic rings. The fourth-order valence-corrected chi connectivity index (χ4v) is 1.58. The molecule has 2 amide bonds. The van der Waals surface area contributed by atoms with Crippen LogP contribution in [0.3, 0.4) is 0 Å². The molecule has 8 heteroatoms. The van der Waals surface area contributed by atoms with E-state index in [2.05, 4.69) is 5.32 Å². The van der Waals surface area contributed by atoms with Gasteiger partial charge in [-0.05, 0) is 0 Å². The molecule has 0 saturated carbocycles. The van der Waals surface area contributed by atoms with Crippen LogP contribution in [0.25, 0.3) is 0 Å². The van der Waals surface area contributed by atoms with E-state index in [9.17, 15) is 18.4 Å². The van der Waals surface area contributed by atoms with Gasteiger partial charge in [0.25, 0.3) is 6.43 Å². The van der Waals surface area contributed by atoms with E-state index in [-0.39, 0.29) is 6.54 Å². The number of amides is 2. The SMILES string of the molecule is O=C(O)CN1CCN(C(=O)NCC(F)F)CC1. The molecule has 1 aliphatic heterocycles. The molecule has 98 valence electrons. The van der Waals surface area contributed by atoms with E-state index in [0.29, 0.717) is 26.2 Å². The summed E-state index contributed by atoms with van der Waals surface area (Å²) in [5.74, 6) is -0.916. The van der Waals surface area contributed by atoms with Crippen LogP contribution < -0.4 is 5.32 Å². The lowest BCUT2D eigenvalue weighted by Gasteiger charge is -2.33. The molecule has 2 N–H and O–H groups in total. The van der Waals surface area contributed by atoms with Crippen LogP contribution in [0.2, 0.25) is 0 Å². The van der Waals surface area contributed by atoms with Crippen LogP contribution in [0, 0.1) is 0 Å². The number of rotatable bonds is 4. The molecule has 0 radical (unpaired) electrons. The molecule has 17 heavy (non-hydrogen) atoms. The number of carboxylic acids is 1. The molecule has 0 bridgehead atoms. The van der Waals surface area contributed by atoms with Crippen molar-refractivity contribution < 1.29 is 23.5 Å². The predicted molar refractivity (Wildman–Crippen MR) is 55.1 cm³/mol. The highest BCUT2D eigenvalue weighted by Crippen LogP contribution is 2.02. The number of aliphatic carboxylic acids is 1. The van der Waals surface area contributed by atoms with Gasteiger partial charge in [-0.2, -0.15) is 0 Å². The maximum atomic E-state index is 11.9. The molecule has 1 saturated heterocycles. The molecule has 0 atom stereocenters. The number of carbonyl (C=O) groups excluding carboxylic acids is 1. The van der Waals surface area contributed by atoms with Crippen molar-refractivity contribution in [3.63, 3.8) is 0 Å². The summed E-state index contributed by atoms with van der Waals surface area (Å²) in [4.78, 5) is 24.9. The van der Waals surface area contributed by atoms with Crippen LogP contribution in [0.4, 0.5) is 13.6 Å². The van der Waals surface area contributed by atoms with E-state index in [0.717, 1.165) is 0 Å². The van der Waals surface area contributed by atoms with Crippen molar-refractivity contribution in [1.82, 2.24) is 15.1 Å². The summed E-state index contributed by atoms with van der Waals surface area (Å²) in [7, 11) is 0. The number of halogens is 2. The average Bonchev–Trinajstić information content (AvgIpc) is 2.26. The highest BCUT2D eigenvalue weighted by Gasteiger charge is 2.22. The minimum absolute atomic E-state index is 0.0630. The van der Waals surface area contributed by atoms with E-state index in [1.54, 1.807) is 4.90 Å². The third-order valence-corrected chi connectivity index (χ3v) is 2.43. The maximum absolute atomic E-state index is 11.9. The van der Waals surface area contributed by atoms with Gasteiger partial charge in [-0.1, -0.05) is 0 Å². The zero-order valence-electron chi connectivity index (χ0n) is 9.23. The van der Waals surface area contributed by atoms with Crippen LogP contribution in [0.1, 0.15) is 0 Å². The third kappa shape index (κ3) is 4.94. The highest BCUT2D eigenvalue weighted by molar-refractivity contribution is 5.74. The second-order valence-electron chi connectivity index (χ2n) is 3.73. The van der Waals surface area contributed by atoms with Crippen molar-refractivity contribution in [3.8, 4) is 0 Å². The van der Waals surface area contributed by atoms with Crippen molar-refractivity contribution in [2.24, 2.45) is 0 Å². The molecule has 1 rings (SSSR count). The van der Waals surface area contributed by atoms with Crippen LogP contribution in [-0.4, -0.2) is 72.6 Å². The summed E-state index contributed by atoms with van der Waals surface area (Å²) in [6.07, 6.45) is -2.56. The highest BCUT2D eigenvalue weighted by atomic mass is 19.3. The zero-order valence-corrected chi connectivity index (χ0v) is 9.23. The van der Waals surface area contributed by atoms with Crippen LogP contribution >= 0.6 is 0 Å². The number of alkyl halides is 2. The number of carbonyl (C=O) groups is 2. The van der Waals surface area contributed by atoms with Crippen LogP contribution in [0.15, 0.2) is 0 Å². The number of carboxylic acid groups (broad SMARTS) is 1. The van der Waals surface area contributed by atoms with Crippen LogP contribution in [0.5, 0.6) is 0 Å². The van der Waals surface area contributed by atoms with Crippen molar-refractivity contribution in [1.29, 1.82) is 0 Å². The Kier molecular flexibility index (Phi) is 5.08. The van der Waals surface area contributed by atoms with Gasteiger partial charge in [0.05, 0.1) is 13.1 Å². The Bertz CT molecular complexity index is 281. The fraction of sp³-hybridized carbons (Fsp3) is 0.778. The molecule has 0 aromatic heterocycles. The molecule has 0 aromatic carbocycles. The quantitative estimate of drug-likeness (QED) is 0.717. The van der Waals surface area contributed by atoms with Gasteiger partial charge >= 0.3 is 12.0 Å². The Morgan fingerprint density at radius 3 is 2.29 bits per heavy atom. The van der Waals surface area contributed by atoms with Gasteiger partial charge in [-0.3, -0.25) is 9.69 Å². The predicted octanol–water partition coefficient (Wildman–Crippen LogP) is -0.337. The molecular weight excluding hydrogens is 236 g/mol. The molecule has 1 heterocycles.